The van der Waals surface area contributed by atoms with Gasteiger partial charge in [0.25, 0.3) is 0 Å². The lowest BCUT2D eigenvalue weighted by Crippen LogP contribution is -1.45. The first kappa shape index (κ1) is 12.3. The Hall–Kier alpha value is -0.430. The number of isocyanates is 2. The Balaban J connectivity index is 0. The Labute approximate surface area is 65.6 Å². The average molecular weight is 203 g/mol. The third kappa shape index (κ3) is 25.6. The lowest BCUT2D eigenvalue weighted by molar-refractivity contribution is 0.562. The molecule has 0 rings (SSSR count). The molecule has 10 heavy (non-hydrogen) atoms. The monoisotopic (exact) mass is 202 g/mol. The van der Waals surface area contributed by atoms with Crippen LogP contribution in [0.3, 0.4) is 0 Å². The van der Waals surface area contributed by atoms with Gasteiger partial charge < -0.3 is 0 Å². The molecule has 0 aromatic carbocycles. The van der Waals surface area contributed by atoms with Crippen molar-refractivity contribution in [3.8, 4) is 0 Å². The quantitative estimate of drug-likeness (QED) is 0.400. The fourth-order valence-corrected chi connectivity index (χ4v) is 0.328. The van der Waals surface area contributed by atoms with Crippen LogP contribution in [0.2, 0.25) is 0 Å². The van der Waals surface area contributed by atoms with Crippen molar-refractivity contribution in [2.45, 2.75) is 0 Å². The van der Waals surface area contributed by atoms with Crippen LogP contribution >= 0.6 is 28.5 Å². The van der Waals surface area contributed by atoms with Gasteiger partial charge in [-0.3, -0.25) is 4.57 Å². The smallest absolute Gasteiger partial charge is 0.262 e. The minimum Gasteiger partial charge on any atom is -0.262 e. The van der Waals surface area contributed by atoms with Gasteiger partial charge in [-0.05, 0) is 22.5 Å². The molecule has 0 aromatic heterocycles. The summed E-state index contributed by atoms with van der Waals surface area (Å²) in [6, 6.07) is 0. The number of hydrogen-bond donors (Lipinski definition) is 1. The summed E-state index contributed by atoms with van der Waals surface area (Å²) in [7, 11) is 0. The van der Waals surface area contributed by atoms with Crippen LogP contribution in [0, 0.1) is 5.41 Å². The Morgan fingerprint density at radius 3 is 1.70 bits per heavy atom. The van der Waals surface area contributed by atoms with E-state index in [0.29, 0.717) is 0 Å². The van der Waals surface area contributed by atoms with Gasteiger partial charge in [0, 0.05) is 0 Å². The van der Waals surface area contributed by atoms with Crippen LogP contribution in [0.15, 0.2) is 4.76 Å². The lowest BCUT2D eigenvalue weighted by atomic mass is 11.7. The highest BCUT2D eigenvalue weighted by molar-refractivity contribution is 8.07. The molecule has 56 valence electrons. The number of rotatable bonds is 1. The van der Waals surface area contributed by atoms with Crippen LogP contribution in [-0.4, -0.2) is 12.2 Å². The summed E-state index contributed by atoms with van der Waals surface area (Å²) in [4.78, 5) is 17.5. The van der Waals surface area contributed by atoms with Gasteiger partial charge in [0.15, 0.2) is 0 Å². The van der Waals surface area contributed by atoms with Gasteiger partial charge in [0.2, 0.25) is 12.2 Å². The second kappa shape index (κ2) is 6.69. The normalized spacial score (nSPS) is 7.80. The molecule has 0 saturated heterocycles. The lowest BCUT2D eigenvalue weighted by Gasteiger charge is -1.79. The first-order chi connectivity index (χ1) is 4.47. The molecule has 1 N–H and O–H groups in total. The largest absolute Gasteiger partial charge is 0.374 e. The maximum absolute atomic E-state index is 9.92. The van der Waals surface area contributed by atoms with E-state index in [1.807, 2.05) is 0 Å². The highest BCUT2D eigenvalue weighted by atomic mass is 35.9. The molecule has 0 heterocycles. The van der Waals surface area contributed by atoms with Gasteiger partial charge in [0.05, 0.1) is 0 Å². The van der Waals surface area contributed by atoms with Crippen molar-refractivity contribution in [3.63, 3.8) is 0 Å². The molecule has 0 bridgehead atoms. The van der Waals surface area contributed by atoms with Crippen LogP contribution in [0.5, 0.6) is 0 Å². The number of nitrogens with one attached hydrogen (secondary N) is 1. The third-order valence-corrected chi connectivity index (χ3v) is 0.925. The second-order valence-electron chi connectivity index (χ2n) is 0.728. The van der Waals surface area contributed by atoms with E-state index >= 15 is 0 Å². The molecule has 0 aromatic rings. The number of halogens is 2. The average Bonchev–Trinajstić information content (AvgIpc) is 1.63. The Bertz CT molecular complexity index is 211. The molecular weight excluding hydrogens is 202 g/mol. The molecule has 0 radical (unpaired) electrons. The SMILES string of the molecule is N=C=O.O=C=NP(=O)(Cl)Cl. The highest BCUT2D eigenvalue weighted by Gasteiger charge is 2.08. The molecule has 0 atom stereocenters. The minimum atomic E-state index is -3.52. The molecule has 0 aliphatic carbocycles. The molecule has 8 heteroatoms. The van der Waals surface area contributed by atoms with E-state index in [2.05, 4.69) is 4.76 Å². The zero-order valence-corrected chi connectivity index (χ0v) is 6.78. The van der Waals surface area contributed by atoms with E-state index in [4.69, 9.17) is 32.7 Å². The summed E-state index contributed by atoms with van der Waals surface area (Å²) in [6.45, 7) is 0. The first-order valence-corrected chi connectivity index (χ1v) is 5.07. The summed E-state index contributed by atoms with van der Waals surface area (Å²) < 4.78 is 12.5. The minimum absolute atomic E-state index is 0.750. The van der Waals surface area contributed by atoms with Gasteiger partial charge >= 0.3 is 6.00 Å². The second-order valence-corrected chi connectivity index (χ2v) is 5.07. The van der Waals surface area contributed by atoms with Crippen molar-refractivity contribution in [1.29, 1.82) is 5.41 Å². The fourth-order valence-electron chi connectivity index (χ4n) is 0.0475. The van der Waals surface area contributed by atoms with E-state index in [0.717, 1.165) is 12.2 Å². The van der Waals surface area contributed by atoms with E-state index in [9.17, 15) is 9.36 Å². The standard InChI is InChI=1S/CCl2NO2P.CHNO/c2-7(3,6)4-1-5;2-1-3/h;2H. The predicted octanol–water partition coefficient (Wildman–Crippen LogP) is 1.81. The number of carbonyl (C=O) groups excluding carboxylic acids is 2. The molecule has 0 aliphatic heterocycles. The van der Waals surface area contributed by atoms with Crippen molar-refractivity contribution in [2.24, 2.45) is 4.76 Å². The van der Waals surface area contributed by atoms with Gasteiger partial charge in [-0.1, -0.05) is 0 Å². The summed E-state index contributed by atoms with van der Waals surface area (Å²) in [6.07, 6.45) is 1.71. The maximum atomic E-state index is 9.92. The first-order valence-electron chi connectivity index (χ1n) is 1.60. The van der Waals surface area contributed by atoms with Crippen molar-refractivity contribution >= 4 is 40.6 Å². The molecule has 0 spiro atoms. The molecule has 0 aliphatic rings. The van der Waals surface area contributed by atoms with Crippen LogP contribution in [-0.2, 0) is 14.2 Å². The van der Waals surface area contributed by atoms with E-state index in [1.165, 1.54) is 0 Å². The Morgan fingerprint density at radius 1 is 1.40 bits per heavy atom. The van der Waals surface area contributed by atoms with Crippen LogP contribution in [0.25, 0.3) is 0 Å². The van der Waals surface area contributed by atoms with Gasteiger partial charge in [-0.25, -0.2) is 15.0 Å². The molecule has 0 amide bonds. The fraction of sp³-hybridized carbons (Fsp3) is 0. The van der Waals surface area contributed by atoms with Gasteiger partial charge in [-0.2, -0.15) is 0 Å². The van der Waals surface area contributed by atoms with Crippen LogP contribution in [0.1, 0.15) is 0 Å². The highest BCUT2D eigenvalue weighted by Crippen LogP contribution is 2.57. The molecule has 0 fully saturated rings. The molecule has 5 nitrogen and oxygen atoms in total. The van der Waals surface area contributed by atoms with Crippen LogP contribution < -0.4 is 0 Å². The van der Waals surface area contributed by atoms with Crippen molar-refractivity contribution in [3.05, 3.63) is 0 Å². The summed E-state index contributed by atoms with van der Waals surface area (Å²) in [5.74, 6) is -3.52. The predicted molar refractivity (Wildman–Crippen MR) is 35.8 cm³/mol. The van der Waals surface area contributed by atoms with Crippen molar-refractivity contribution in [1.82, 2.24) is 0 Å². The van der Waals surface area contributed by atoms with E-state index < -0.39 is 6.00 Å². The molecule has 0 saturated carbocycles. The van der Waals surface area contributed by atoms with E-state index in [1.54, 1.807) is 0 Å². The number of hydrogen-bond acceptors (Lipinski definition) is 4. The summed E-state index contributed by atoms with van der Waals surface area (Å²) in [5, 5.41) is 5.40. The molecule has 0 unspecified atom stereocenters. The van der Waals surface area contributed by atoms with Crippen molar-refractivity contribution < 1.29 is 14.2 Å². The zero-order chi connectivity index (χ0) is 8.62. The van der Waals surface area contributed by atoms with Gasteiger partial charge in [0.1, 0.15) is 0 Å². The van der Waals surface area contributed by atoms with E-state index in [-0.39, 0.29) is 0 Å². The topological polar surface area (TPSA) is 87.4 Å². The molecular formula is C2HCl2N2O3P. The Morgan fingerprint density at radius 2 is 1.70 bits per heavy atom. The van der Waals surface area contributed by atoms with Gasteiger partial charge in [-0.15, -0.1) is 4.76 Å². The van der Waals surface area contributed by atoms with Crippen molar-refractivity contribution in [2.75, 3.05) is 0 Å². The maximum Gasteiger partial charge on any atom is 0.374 e. The number of nitrogens with zero attached hydrogens (tertiary/aromatic N) is 1. The zero-order valence-electron chi connectivity index (χ0n) is 4.38. The Kier molecular flexibility index (Phi) is 8.20. The van der Waals surface area contributed by atoms with Crippen LogP contribution in [0.4, 0.5) is 0 Å². The summed E-state index contributed by atoms with van der Waals surface area (Å²) >= 11 is 9.45. The summed E-state index contributed by atoms with van der Waals surface area (Å²) in [5.41, 5.74) is 0. The third-order valence-electron chi connectivity index (χ3n) is 0.157.